The number of hydrogen-bond donors (Lipinski definition) is 0. The normalized spacial score (nSPS) is 10.8. The molecule has 20 heavy (non-hydrogen) atoms. The highest BCUT2D eigenvalue weighted by Gasteiger charge is 2.17. The summed E-state index contributed by atoms with van der Waals surface area (Å²) in [7, 11) is 0. The Morgan fingerprint density at radius 2 is 2.20 bits per heavy atom. The minimum atomic E-state index is -0.627. The molecule has 7 nitrogen and oxygen atoms in total. The fraction of sp³-hybridized carbons (Fsp3) is 0.417. The van der Waals surface area contributed by atoms with Crippen molar-refractivity contribution in [2.45, 2.75) is 36.9 Å². The maximum absolute atomic E-state index is 11.4. The van der Waals surface area contributed by atoms with Gasteiger partial charge in [0.05, 0.1) is 6.61 Å². The zero-order valence-corrected chi connectivity index (χ0v) is 12.2. The van der Waals surface area contributed by atoms with Crippen LogP contribution in [-0.2, 0) is 4.74 Å². The Morgan fingerprint density at radius 1 is 1.40 bits per heavy atom. The van der Waals surface area contributed by atoms with Gasteiger partial charge in [-0.05, 0) is 30.7 Å². The van der Waals surface area contributed by atoms with Crippen molar-refractivity contribution in [3.63, 3.8) is 0 Å². The van der Waals surface area contributed by atoms with E-state index in [9.17, 15) is 4.79 Å². The van der Waals surface area contributed by atoms with E-state index in [1.807, 2.05) is 19.9 Å². The lowest BCUT2D eigenvalue weighted by atomic mass is 10.1. The van der Waals surface area contributed by atoms with Gasteiger partial charge < -0.3 is 9.15 Å². The van der Waals surface area contributed by atoms with Crippen LogP contribution >= 0.6 is 11.8 Å². The summed E-state index contributed by atoms with van der Waals surface area (Å²) in [6.45, 7) is 6.05. The summed E-state index contributed by atoms with van der Waals surface area (Å²) in [6, 6.07) is 1.85. The molecular formula is C12H14N4O3S. The van der Waals surface area contributed by atoms with Gasteiger partial charge in [-0.2, -0.15) is 0 Å². The van der Waals surface area contributed by atoms with Crippen LogP contribution in [-0.4, -0.2) is 32.7 Å². The summed E-state index contributed by atoms with van der Waals surface area (Å²) in [6.07, 6.45) is 1.49. The molecular weight excluding hydrogens is 280 g/mol. The highest BCUT2D eigenvalue weighted by atomic mass is 32.2. The molecule has 106 valence electrons. The van der Waals surface area contributed by atoms with Gasteiger partial charge in [0, 0.05) is 5.69 Å². The van der Waals surface area contributed by atoms with Crippen LogP contribution in [0.2, 0.25) is 0 Å². The second kappa shape index (κ2) is 6.47. The molecule has 0 aliphatic rings. The molecule has 0 N–H and O–H groups in total. The van der Waals surface area contributed by atoms with Crippen LogP contribution in [0.4, 0.5) is 0 Å². The summed E-state index contributed by atoms with van der Waals surface area (Å²) in [5.41, 5.74) is 0.924. The Hall–Kier alpha value is -1.96. The van der Waals surface area contributed by atoms with Crippen molar-refractivity contribution >= 4 is 17.7 Å². The Morgan fingerprint density at radius 3 is 2.90 bits per heavy atom. The predicted molar refractivity (Wildman–Crippen MR) is 70.5 cm³/mol. The minimum Gasteiger partial charge on any atom is -0.459 e. The standard InChI is InChI=1S/C12H14N4O3S/c1-4-18-11(17)10-15-16-12(19-10)20-9-5-8(7(2)3)13-6-14-9/h5-7H,4H2,1-3H3. The molecule has 8 heteroatoms. The largest absolute Gasteiger partial charge is 0.459 e. The molecule has 0 bridgehead atoms. The third-order valence-electron chi connectivity index (χ3n) is 2.30. The summed E-state index contributed by atoms with van der Waals surface area (Å²) >= 11 is 1.18. The number of hydrogen-bond acceptors (Lipinski definition) is 8. The third kappa shape index (κ3) is 3.53. The molecule has 0 amide bonds. The topological polar surface area (TPSA) is 91.0 Å². The Labute approximate surface area is 120 Å². The summed E-state index contributed by atoms with van der Waals surface area (Å²) < 4.78 is 9.98. The highest BCUT2D eigenvalue weighted by Crippen LogP contribution is 2.26. The molecule has 0 saturated carbocycles. The smallest absolute Gasteiger partial charge is 0.396 e. The summed E-state index contributed by atoms with van der Waals surface area (Å²) in [4.78, 5) is 19.7. The molecule has 0 fully saturated rings. The molecule has 0 saturated heterocycles. The van der Waals surface area contributed by atoms with E-state index >= 15 is 0 Å². The maximum atomic E-state index is 11.4. The summed E-state index contributed by atoms with van der Waals surface area (Å²) in [5, 5.41) is 8.33. The lowest BCUT2D eigenvalue weighted by Crippen LogP contribution is -2.04. The lowest BCUT2D eigenvalue weighted by molar-refractivity contribution is 0.0475. The second-order valence-electron chi connectivity index (χ2n) is 4.13. The molecule has 2 heterocycles. The van der Waals surface area contributed by atoms with Crippen LogP contribution in [0.3, 0.4) is 0 Å². The van der Waals surface area contributed by atoms with Crippen molar-refractivity contribution in [2.75, 3.05) is 6.61 Å². The molecule has 2 rings (SSSR count). The van der Waals surface area contributed by atoms with Crippen molar-refractivity contribution < 1.29 is 13.9 Å². The SMILES string of the molecule is CCOC(=O)c1nnc(Sc2cc(C(C)C)ncn2)o1. The van der Waals surface area contributed by atoms with Gasteiger partial charge in [0.25, 0.3) is 5.22 Å². The maximum Gasteiger partial charge on any atom is 0.396 e. The molecule has 2 aromatic heterocycles. The number of carbonyl (C=O) groups excluding carboxylic acids is 1. The predicted octanol–water partition coefficient (Wildman–Crippen LogP) is 2.31. The van der Waals surface area contributed by atoms with E-state index < -0.39 is 5.97 Å². The van der Waals surface area contributed by atoms with Crippen LogP contribution in [0.5, 0.6) is 0 Å². The number of rotatable bonds is 5. The van der Waals surface area contributed by atoms with Crippen LogP contribution in [0.15, 0.2) is 27.1 Å². The first-order valence-corrected chi connectivity index (χ1v) is 6.92. The third-order valence-corrected chi connectivity index (χ3v) is 3.08. The highest BCUT2D eigenvalue weighted by molar-refractivity contribution is 7.99. The van der Waals surface area contributed by atoms with Gasteiger partial charge in [0.2, 0.25) is 0 Å². The first kappa shape index (κ1) is 14.4. The van der Waals surface area contributed by atoms with E-state index in [4.69, 9.17) is 9.15 Å². The van der Waals surface area contributed by atoms with Crippen molar-refractivity contribution in [1.82, 2.24) is 20.2 Å². The molecule has 0 aliphatic carbocycles. The average Bonchev–Trinajstić information content (AvgIpc) is 2.88. The van der Waals surface area contributed by atoms with Crippen molar-refractivity contribution in [1.29, 1.82) is 0 Å². The Balaban J connectivity index is 2.10. The molecule has 0 unspecified atom stereocenters. The van der Waals surface area contributed by atoms with E-state index in [1.165, 1.54) is 18.1 Å². The van der Waals surface area contributed by atoms with Crippen LogP contribution in [0, 0.1) is 0 Å². The zero-order valence-electron chi connectivity index (χ0n) is 11.4. The fourth-order valence-electron chi connectivity index (χ4n) is 1.34. The van der Waals surface area contributed by atoms with E-state index in [-0.39, 0.29) is 17.7 Å². The quantitative estimate of drug-likeness (QED) is 0.613. The van der Waals surface area contributed by atoms with E-state index in [1.54, 1.807) is 6.92 Å². The average molecular weight is 294 g/mol. The van der Waals surface area contributed by atoms with Gasteiger partial charge in [-0.3, -0.25) is 0 Å². The minimum absolute atomic E-state index is 0.160. The van der Waals surface area contributed by atoms with Gasteiger partial charge >= 0.3 is 11.9 Å². The number of carbonyl (C=O) groups is 1. The monoisotopic (exact) mass is 294 g/mol. The van der Waals surface area contributed by atoms with Crippen LogP contribution in [0.1, 0.15) is 43.1 Å². The number of nitrogens with zero attached hydrogens (tertiary/aromatic N) is 4. The van der Waals surface area contributed by atoms with E-state index in [0.29, 0.717) is 10.9 Å². The van der Waals surface area contributed by atoms with Gasteiger partial charge in [0.1, 0.15) is 11.4 Å². The van der Waals surface area contributed by atoms with Gasteiger partial charge in [-0.1, -0.05) is 18.9 Å². The molecule has 0 radical (unpaired) electrons. The summed E-state index contributed by atoms with van der Waals surface area (Å²) in [5.74, 6) is -0.486. The molecule has 2 aromatic rings. The van der Waals surface area contributed by atoms with E-state index in [0.717, 1.165) is 5.69 Å². The zero-order chi connectivity index (χ0) is 14.5. The molecule has 0 spiro atoms. The first-order chi connectivity index (χ1) is 9.60. The molecule has 0 atom stereocenters. The van der Waals surface area contributed by atoms with Crippen LogP contribution < -0.4 is 0 Å². The first-order valence-electron chi connectivity index (χ1n) is 6.10. The fourth-order valence-corrected chi connectivity index (χ4v) is 2.00. The molecule has 0 aromatic carbocycles. The van der Waals surface area contributed by atoms with Crippen molar-refractivity contribution in [3.8, 4) is 0 Å². The molecule has 0 aliphatic heterocycles. The number of aromatic nitrogens is 4. The van der Waals surface area contributed by atoms with Gasteiger partial charge in [0.15, 0.2) is 0 Å². The van der Waals surface area contributed by atoms with E-state index in [2.05, 4.69) is 20.2 Å². The van der Waals surface area contributed by atoms with Crippen LogP contribution in [0.25, 0.3) is 0 Å². The number of ether oxygens (including phenoxy) is 1. The van der Waals surface area contributed by atoms with Gasteiger partial charge in [-0.25, -0.2) is 14.8 Å². The van der Waals surface area contributed by atoms with Gasteiger partial charge in [-0.15, -0.1) is 5.10 Å². The van der Waals surface area contributed by atoms with Crippen molar-refractivity contribution in [2.24, 2.45) is 0 Å². The Bertz CT molecular complexity index is 600. The second-order valence-corrected chi connectivity index (χ2v) is 5.10. The van der Waals surface area contributed by atoms with Crippen molar-refractivity contribution in [3.05, 3.63) is 24.0 Å². The Kier molecular flexibility index (Phi) is 4.67. The lowest BCUT2D eigenvalue weighted by Gasteiger charge is -2.03. The number of esters is 1.